The average Bonchev–Trinajstić information content (AvgIpc) is 2.81. The van der Waals surface area contributed by atoms with Gasteiger partial charge in [-0.2, -0.15) is 13.2 Å². The Morgan fingerprint density at radius 2 is 2.17 bits per heavy atom. The van der Waals surface area contributed by atoms with Gasteiger partial charge in [0.25, 0.3) is 0 Å². The van der Waals surface area contributed by atoms with E-state index in [1.807, 2.05) is 0 Å². The Labute approximate surface area is 104 Å². The highest BCUT2D eigenvalue weighted by atomic mass is 19.4. The summed E-state index contributed by atoms with van der Waals surface area (Å²) in [6.07, 6.45) is -3.21. The van der Waals surface area contributed by atoms with Crippen LogP contribution < -0.4 is 5.32 Å². The molecule has 1 N–H and O–H groups in total. The monoisotopic (exact) mass is 259 g/mol. The molecule has 0 saturated carbocycles. The van der Waals surface area contributed by atoms with Crippen molar-refractivity contribution in [3.8, 4) is 0 Å². The first-order valence-corrected chi connectivity index (χ1v) is 6.00. The van der Waals surface area contributed by atoms with Crippen molar-refractivity contribution in [1.29, 1.82) is 0 Å². The lowest BCUT2D eigenvalue weighted by molar-refractivity contribution is -0.137. The summed E-state index contributed by atoms with van der Waals surface area (Å²) in [5.74, 6) is 0.482. The number of rotatable bonds is 4. The van der Waals surface area contributed by atoms with Crippen LogP contribution >= 0.6 is 0 Å². The van der Waals surface area contributed by atoms with Gasteiger partial charge in [0.15, 0.2) is 0 Å². The molecule has 0 aliphatic carbocycles. The second kappa shape index (κ2) is 5.71. The van der Waals surface area contributed by atoms with Crippen molar-refractivity contribution in [3.63, 3.8) is 0 Å². The molecule has 100 valence electrons. The van der Waals surface area contributed by atoms with Gasteiger partial charge in [-0.05, 0) is 36.6 Å². The molecule has 5 heteroatoms. The van der Waals surface area contributed by atoms with Crippen LogP contribution in [0.5, 0.6) is 0 Å². The fourth-order valence-corrected chi connectivity index (χ4v) is 2.04. The van der Waals surface area contributed by atoms with Gasteiger partial charge in [0.2, 0.25) is 0 Å². The number of ether oxygens (including phenoxy) is 1. The maximum absolute atomic E-state index is 12.5. The van der Waals surface area contributed by atoms with E-state index in [9.17, 15) is 13.2 Å². The number of hydrogen-bond donors (Lipinski definition) is 1. The van der Waals surface area contributed by atoms with Crippen molar-refractivity contribution in [2.45, 2.75) is 19.2 Å². The number of hydrogen-bond acceptors (Lipinski definition) is 2. The van der Waals surface area contributed by atoms with Crippen LogP contribution in [0.1, 0.15) is 17.5 Å². The SMILES string of the molecule is FC(F)(F)c1cccc(COC[C@@H]2CCNC2)c1. The molecule has 1 saturated heterocycles. The van der Waals surface area contributed by atoms with Gasteiger partial charge in [-0.15, -0.1) is 0 Å². The highest BCUT2D eigenvalue weighted by molar-refractivity contribution is 5.25. The summed E-state index contributed by atoms with van der Waals surface area (Å²) in [5, 5.41) is 3.22. The summed E-state index contributed by atoms with van der Waals surface area (Å²) < 4.78 is 42.9. The average molecular weight is 259 g/mol. The summed E-state index contributed by atoms with van der Waals surface area (Å²) in [4.78, 5) is 0. The molecule has 1 aliphatic heterocycles. The maximum atomic E-state index is 12.5. The van der Waals surface area contributed by atoms with E-state index >= 15 is 0 Å². The van der Waals surface area contributed by atoms with Crippen LogP contribution in [-0.2, 0) is 17.5 Å². The molecule has 2 rings (SSSR count). The van der Waals surface area contributed by atoms with Crippen LogP contribution in [0.15, 0.2) is 24.3 Å². The van der Waals surface area contributed by atoms with E-state index in [0.29, 0.717) is 18.1 Å². The van der Waals surface area contributed by atoms with Crippen LogP contribution in [0.2, 0.25) is 0 Å². The molecule has 2 nitrogen and oxygen atoms in total. The molecule has 18 heavy (non-hydrogen) atoms. The number of alkyl halides is 3. The molecular weight excluding hydrogens is 243 g/mol. The van der Waals surface area contributed by atoms with Crippen molar-refractivity contribution in [3.05, 3.63) is 35.4 Å². The number of halogens is 3. The minimum atomic E-state index is -4.29. The Morgan fingerprint density at radius 1 is 1.33 bits per heavy atom. The smallest absolute Gasteiger partial charge is 0.376 e. The first-order valence-electron chi connectivity index (χ1n) is 6.00. The standard InChI is InChI=1S/C13H16F3NO/c14-13(15,16)12-3-1-2-10(6-12)8-18-9-11-4-5-17-7-11/h1-3,6,11,17H,4-5,7-9H2/t11-/m1/s1. The van der Waals surface area contributed by atoms with Crippen molar-refractivity contribution < 1.29 is 17.9 Å². The summed E-state index contributed by atoms with van der Waals surface area (Å²) in [6.45, 7) is 2.77. The van der Waals surface area contributed by atoms with Crippen molar-refractivity contribution in [1.82, 2.24) is 5.32 Å². The van der Waals surface area contributed by atoms with Crippen LogP contribution in [0.3, 0.4) is 0 Å². The molecular formula is C13H16F3NO. The van der Waals surface area contributed by atoms with Crippen molar-refractivity contribution in [2.75, 3.05) is 19.7 Å². The van der Waals surface area contributed by atoms with Crippen molar-refractivity contribution in [2.24, 2.45) is 5.92 Å². The molecule has 0 amide bonds. The van der Waals surface area contributed by atoms with E-state index in [1.54, 1.807) is 6.07 Å². The quantitative estimate of drug-likeness (QED) is 0.897. The number of nitrogens with one attached hydrogen (secondary N) is 1. The zero-order valence-corrected chi connectivity index (χ0v) is 9.96. The first kappa shape index (κ1) is 13.4. The molecule has 1 atom stereocenters. The molecule has 0 bridgehead atoms. The van der Waals surface area contributed by atoms with Crippen LogP contribution in [0, 0.1) is 5.92 Å². The van der Waals surface area contributed by atoms with Gasteiger partial charge in [0, 0.05) is 6.54 Å². The van der Waals surface area contributed by atoms with Crippen LogP contribution in [-0.4, -0.2) is 19.7 Å². The Morgan fingerprint density at radius 3 is 2.83 bits per heavy atom. The van der Waals surface area contributed by atoms with Gasteiger partial charge < -0.3 is 10.1 Å². The largest absolute Gasteiger partial charge is 0.416 e. The minimum Gasteiger partial charge on any atom is -0.376 e. The van der Waals surface area contributed by atoms with Crippen LogP contribution in [0.25, 0.3) is 0 Å². The topological polar surface area (TPSA) is 21.3 Å². The minimum absolute atomic E-state index is 0.237. The molecule has 0 radical (unpaired) electrons. The summed E-state index contributed by atoms with van der Waals surface area (Å²) in [5.41, 5.74) is -0.0538. The lowest BCUT2D eigenvalue weighted by Crippen LogP contribution is -2.14. The third-order valence-electron chi connectivity index (χ3n) is 3.04. The second-order valence-corrected chi connectivity index (χ2v) is 4.57. The van der Waals surface area contributed by atoms with Gasteiger partial charge >= 0.3 is 6.18 Å². The highest BCUT2D eigenvalue weighted by Gasteiger charge is 2.30. The highest BCUT2D eigenvalue weighted by Crippen LogP contribution is 2.29. The van der Waals surface area contributed by atoms with E-state index in [-0.39, 0.29) is 6.61 Å². The van der Waals surface area contributed by atoms with E-state index in [0.717, 1.165) is 31.6 Å². The summed E-state index contributed by atoms with van der Waals surface area (Å²) in [7, 11) is 0. The lowest BCUT2D eigenvalue weighted by atomic mass is 10.1. The van der Waals surface area contributed by atoms with Gasteiger partial charge in [0.05, 0.1) is 18.8 Å². The Bertz CT molecular complexity index is 386. The van der Waals surface area contributed by atoms with Gasteiger partial charge in [-0.3, -0.25) is 0 Å². The van der Waals surface area contributed by atoms with E-state index in [2.05, 4.69) is 5.32 Å². The third-order valence-corrected chi connectivity index (χ3v) is 3.04. The molecule has 1 aromatic rings. The van der Waals surface area contributed by atoms with E-state index < -0.39 is 11.7 Å². The van der Waals surface area contributed by atoms with Gasteiger partial charge in [0.1, 0.15) is 0 Å². The molecule has 1 aromatic carbocycles. The van der Waals surface area contributed by atoms with E-state index in [4.69, 9.17) is 4.74 Å². The molecule has 0 unspecified atom stereocenters. The predicted molar refractivity (Wildman–Crippen MR) is 62.1 cm³/mol. The fourth-order valence-electron chi connectivity index (χ4n) is 2.04. The number of benzene rings is 1. The second-order valence-electron chi connectivity index (χ2n) is 4.57. The molecule has 1 aliphatic rings. The van der Waals surface area contributed by atoms with Gasteiger partial charge in [-0.25, -0.2) is 0 Å². The Kier molecular flexibility index (Phi) is 4.24. The summed E-state index contributed by atoms with van der Waals surface area (Å²) in [6, 6.07) is 5.29. The maximum Gasteiger partial charge on any atom is 0.416 e. The molecule has 0 spiro atoms. The summed E-state index contributed by atoms with van der Waals surface area (Å²) >= 11 is 0. The zero-order valence-electron chi connectivity index (χ0n) is 9.96. The molecule has 1 fully saturated rings. The fraction of sp³-hybridized carbons (Fsp3) is 0.538. The van der Waals surface area contributed by atoms with Crippen molar-refractivity contribution >= 4 is 0 Å². The predicted octanol–water partition coefficient (Wildman–Crippen LogP) is 2.83. The Balaban J connectivity index is 1.85. The Hall–Kier alpha value is -1.07. The molecule has 1 heterocycles. The zero-order chi connectivity index (χ0) is 13.0. The van der Waals surface area contributed by atoms with Crippen LogP contribution in [0.4, 0.5) is 13.2 Å². The lowest BCUT2D eigenvalue weighted by Gasteiger charge is -2.11. The first-order chi connectivity index (χ1) is 8.55. The third kappa shape index (κ3) is 3.71. The normalized spacial score (nSPS) is 20.3. The van der Waals surface area contributed by atoms with Gasteiger partial charge in [-0.1, -0.05) is 12.1 Å². The molecule has 0 aromatic heterocycles. The van der Waals surface area contributed by atoms with E-state index in [1.165, 1.54) is 6.07 Å².